The van der Waals surface area contributed by atoms with E-state index in [4.69, 9.17) is 61.5 Å². The first-order chi connectivity index (χ1) is 31.8. The van der Waals surface area contributed by atoms with Crippen molar-refractivity contribution in [2.24, 2.45) is 0 Å². The molecule has 6 rings (SSSR count). The van der Waals surface area contributed by atoms with Gasteiger partial charge in [-0.15, -0.1) is 0 Å². The fourth-order valence-electron chi connectivity index (χ4n) is 8.88. The molecule has 2 fully saturated rings. The van der Waals surface area contributed by atoms with Crippen LogP contribution in [0.15, 0.2) is 60.9 Å². The van der Waals surface area contributed by atoms with Gasteiger partial charge in [0.15, 0.2) is 11.6 Å². The molecule has 0 amide bonds. The number of hydrogen-bond donors (Lipinski definition) is 1. The van der Waals surface area contributed by atoms with Gasteiger partial charge >= 0.3 is 7.82 Å². The van der Waals surface area contributed by atoms with Crippen molar-refractivity contribution in [2.75, 3.05) is 18.9 Å². The highest BCUT2D eigenvalue weighted by molar-refractivity contribution is 7.49. The molecule has 0 aliphatic carbocycles. The summed E-state index contributed by atoms with van der Waals surface area (Å²) in [7, 11) is -4.45. The quantitative estimate of drug-likeness (QED) is 0.0389. The Bertz CT molecular complexity index is 2220. The third kappa shape index (κ3) is 15.1. The summed E-state index contributed by atoms with van der Waals surface area (Å²) in [4.78, 5) is 4.12. The van der Waals surface area contributed by atoms with Crippen LogP contribution in [-0.4, -0.2) is 57.5 Å². The smallest absolute Gasteiger partial charge is 0.402 e. The Hall–Kier alpha value is -3.28. The summed E-state index contributed by atoms with van der Waals surface area (Å²) in [5.74, 6) is -0.507. The minimum atomic E-state index is -4.45. The van der Waals surface area contributed by atoms with Gasteiger partial charge in [-0.05, 0) is 75.2 Å². The van der Waals surface area contributed by atoms with Crippen molar-refractivity contribution in [3.8, 4) is 11.8 Å². The SMILES string of the molecule is CCCCCCCCCCCCCCCCCCC[C@H](COP(=O)(OC[C@@]1(C)O[C@@H](c2ccc3c(N)ncnn23)C2OC(C)(C)O[C@@H]21)Oc1ccccc1Cl)OCc1cc(Cl)cc(C#N)c1. The molecule has 0 saturated carbocycles. The van der Waals surface area contributed by atoms with Crippen molar-refractivity contribution in [1.29, 1.82) is 5.26 Å². The van der Waals surface area contributed by atoms with Gasteiger partial charge in [0.1, 0.15) is 41.5 Å². The van der Waals surface area contributed by atoms with Crippen molar-refractivity contribution in [3.05, 3.63) is 87.8 Å². The lowest BCUT2D eigenvalue weighted by Crippen LogP contribution is -2.44. The van der Waals surface area contributed by atoms with E-state index in [9.17, 15) is 9.83 Å². The summed E-state index contributed by atoms with van der Waals surface area (Å²) in [6, 6.07) is 17.6. The molecule has 4 heterocycles. The number of anilines is 1. The molecule has 362 valence electrons. The molecule has 0 radical (unpaired) electrons. The molecule has 2 aromatic carbocycles. The van der Waals surface area contributed by atoms with Crippen LogP contribution in [0.4, 0.5) is 5.82 Å². The summed E-state index contributed by atoms with van der Waals surface area (Å²) in [6.07, 6.45) is 21.3. The van der Waals surface area contributed by atoms with E-state index in [0.29, 0.717) is 34.0 Å². The first-order valence-corrected chi connectivity index (χ1v) is 26.3. The maximum atomic E-state index is 14.9. The zero-order chi connectivity index (χ0) is 47.0. The summed E-state index contributed by atoms with van der Waals surface area (Å²) < 4.78 is 61.1. The third-order valence-electron chi connectivity index (χ3n) is 12.4. The summed E-state index contributed by atoms with van der Waals surface area (Å²) in [5, 5.41) is 14.7. The number of para-hydroxylation sites is 1. The zero-order valence-electron chi connectivity index (χ0n) is 39.3. The molecule has 4 aromatic rings. The van der Waals surface area contributed by atoms with Crippen LogP contribution in [0, 0.1) is 11.3 Å². The number of phosphoric acid groups is 1. The molecule has 2 saturated heterocycles. The van der Waals surface area contributed by atoms with Crippen LogP contribution in [0.25, 0.3) is 5.52 Å². The van der Waals surface area contributed by atoms with Crippen molar-refractivity contribution in [3.63, 3.8) is 0 Å². The monoisotopic (exact) mass is 969 g/mol. The van der Waals surface area contributed by atoms with Crippen LogP contribution in [0.5, 0.6) is 5.75 Å². The largest absolute Gasteiger partial charge is 0.530 e. The fraction of sp³-hybridized carbons (Fsp3) is 0.620. The van der Waals surface area contributed by atoms with Crippen molar-refractivity contribution in [1.82, 2.24) is 14.6 Å². The number of nitriles is 1. The van der Waals surface area contributed by atoms with Gasteiger partial charge in [0, 0.05) is 5.02 Å². The number of unbranched alkanes of at least 4 members (excludes halogenated alkanes) is 16. The standard InChI is InChI=1S/C50H70Cl2N5O8P/c1-5-6-7-8-9-10-11-12-13-14-15-16-17-18-19-20-21-24-40(59-33-38-29-37(32-53)30-39(51)31-38)34-60-66(58,65-44-26-23-22-25-41(44)52)61-35-50(4)47-46(62-49(2,3)64-47)45(63-50)42-27-28-43-48(54)55-36-56-57(42)43/h22-23,25-31,36,40,45-47H,5-21,24,33-35H2,1-4H3,(H2,54,55,56)/t40-,45+,46?,47+,50-,66?/m1/s1. The van der Waals surface area contributed by atoms with Crippen molar-refractivity contribution in [2.45, 2.75) is 186 Å². The third-order valence-corrected chi connectivity index (χ3v) is 14.3. The lowest BCUT2D eigenvalue weighted by molar-refractivity contribution is -0.212. The zero-order valence-corrected chi connectivity index (χ0v) is 41.7. The van der Waals surface area contributed by atoms with E-state index in [2.05, 4.69) is 23.1 Å². The van der Waals surface area contributed by atoms with E-state index in [-0.39, 0.29) is 30.6 Å². The van der Waals surface area contributed by atoms with Crippen LogP contribution in [0.2, 0.25) is 10.0 Å². The molecule has 13 nitrogen and oxygen atoms in total. The van der Waals surface area contributed by atoms with Crippen LogP contribution in [0.3, 0.4) is 0 Å². The van der Waals surface area contributed by atoms with Gasteiger partial charge in [-0.25, -0.2) is 14.1 Å². The molecule has 2 aromatic heterocycles. The molecular formula is C50H70Cl2N5O8P. The lowest BCUT2D eigenvalue weighted by Gasteiger charge is -2.32. The molecule has 2 aliphatic rings. The van der Waals surface area contributed by atoms with Gasteiger partial charge in [-0.1, -0.05) is 151 Å². The van der Waals surface area contributed by atoms with E-state index in [1.54, 1.807) is 47.0 Å². The first-order valence-electron chi connectivity index (χ1n) is 24.1. The maximum Gasteiger partial charge on any atom is 0.530 e. The summed E-state index contributed by atoms with van der Waals surface area (Å²) in [5.41, 5.74) is 7.42. The maximum absolute atomic E-state index is 14.9. The molecule has 2 N–H and O–H groups in total. The Kier molecular flexibility index (Phi) is 20.0. The Labute approximate surface area is 401 Å². The van der Waals surface area contributed by atoms with Gasteiger partial charge in [0.05, 0.1) is 48.3 Å². The first kappa shape index (κ1) is 52.1. The predicted molar refractivity (Wildman–Crippen MR) is 259 cm³/mol. The highest BCUT2D eigenvalue weighted by Crippen LogP contribution is 2.55. The number of aromatic nitrogens is 3. The average Bonchev–Trinajstić information content (AvgIpc) is 3.95. The topological polar surface area (TPSA) is 162 Å². The predicted octanol–water partition coefficient (Wildman–Crippen LogP) is 13.7. The number of nitrogens with two attached hydrogens (primary N) is 1. The van der Waals surface area contributed by atoms with Gasteiger partial charge in [0.25, 0.3) is 0 Å². The summed E-state index contributed by atoms with van der Waals surface area (Å²) in [6.45, 7) is 7.52. The van der Waals surface area contributed by atoms with Gasteiger partial charge < -0.3 is 29.2 Å². The Morgan fingerprint density at radius 3 is 2.15 bits per heavy atom. The van der Waals surface area contributed by atoms with Crippen molar-refractivity contribution >= 4 is 42.4 Å². The number of nitrogen functional groups attached to an aromatic ring is 1. The second-order valence-electron chi connectivity index (χ2n) is 18.4. The Morgan fingerprint density at radius 1 is 0.848 bits per heavy atom. The summed E-state index contributed by atoms with van der Waals surface area (Å²) >= 11 is 12.9. The van der Waals surface area contributed by atoms with Gasteiger partial charge in [-0.3, -0.25) is 9.05 Å². The normalized spacial score (nSPS) is 21.4. The molecule has 66 heavy (non-hydrogen) atoms. The van der Waals surface area contributed by atoms with E-state index in [0.717, 1.165) is 24.8 Å². The molecule has 2 aliphatic heterocycles. The van der Waals surface area contributed by atoms with Crippen LogP contribution >= 0.6 is 31.0 Å². The number of hydrogen-bond acceptors (Lipinski definition) is 12. The minimum Gasteiger partial charge on any atom is -0.402 e. The molecule has 0 spiro atoms. The number of ether oxygens (including phenoxy) is 4. The van der Waals surface area contributed by atoms with E-state index in [1.807, 2.05) is 32.9 Å². The highest BCUT2D eigenvalue weighted by Gasteiger charge is 2.62. The number of fused-ring (bicyclic) bond motifs is 2. The highest BCUT2D eigenvalue weighted by atomic mass is 35.5. The second-order valence-corrected chi connectivity index (χ2v) is 20.9. The molecule has 0 bridgehead atoms. The molecule has 16 heteroatoms. The van der Waals surface area contributed by atoms with Gasteiger partial charge in [0.2, 0.25) is 0 Å². The Morgan fingerprint density at radius 2 is 1.50 bits per heavy atom. The molecule has 2 unspecified atom stereocenters. The second kappa shape index (κ2) is 25.4. The lowest BCUT2D eigenvalue weighted by atomic mass is 9.97. The van der Waals surface area contributed by atoms with Crippen LogP contribution < -0.4 is 10.3 Å². The fourth-order valence-corrected chi connectivity index (χ4v) is 10.7. The number of halogens is 2. The Balaban J connectivity index is 1.07. The van der Waals surface area contributed by atoms with E-state index < -0.39 is 43.6 Å². The minimum absolute atomic E-state index is 0.123. The number of nitrogens with zero attached hydrogens (tertiary/aromatic N) is 4. The van der Waals surface area contributed by atoms with E-state index in [1.165, 1.54) is 96.2 Å². The molecule has 6 atom stereocenters. The van der Waals surface area contributed by atoms with Crippen LogP contribution in [0.1, 0.15) is 166 Å². The van der Waals surface area contributed by atoms with Gasteiger partial charge in [-0.2, -0.15) is 10.4 Å². The number of rotatable bonds is 30. The van der Waals surface area contributed by atoms with E-state index >= 15 is 0 Å². The van der Waals surface area contributed by atoms with Crippen molar-refractivity contribution < 1.29 is 37.1 Å². The number of phosphoric ester groups is 1. The molecular weight excluding hydrogens is 900 g/mol. The van der Waals surface area contributed by atoms with Crippen LogP contribution in [-0.2, 0) is 39.2 Å². The number of benzene rings is 2. The average molecular weight is 971 g/mol.